The maximum absolute atomic E-state index is 10.9. The highest BCUT2D eigenvalue weighted by molar-refractivity contribution is 5.93. The van der Waals surface area contributed by atoms with E-state index in [4.69, 9.17) is 5.11 Å². The molecule has 1 N–H and O–H groups in total. The van der Waals surface area contributed by atoms with Gasteiger partial charge < -0.3 is 5.11 Å². The monoisotopic (exact) mass is 260 g/mol. The fourth-order valence-electron chi connectivity index (χ4n) is 1.56. The van der Waals surface area contributed by atoms with Crippen LogP contribution in [0, 0.1) is 10.1 Å². The van der Waals surface area contributed by atoms with Gasteiger partial charge >= 0.3 is 5.97 Å². The lowest BCUT2D eigenvalue weighted by Crippen LogP contribution is -2.02. The van der Waals surface area contributed by atoms with Crippen molar-refractivity contribution in [3.8, 4) is 11.3 Å². The predicted octanol–water partition coefficient (Wildman–Crippen LogP) is 2.99. The molecule has 2 aromatic rings. The van der Waals surface area contributed by atoms with Gasteiger partial charge in [0.2, 0.25) is 0 Å². The van der Waals surface area contributed by atoms with Gasteiger partial charge in [0, 0.05) is 17.8 Å². The number of carboxylic acids is 1. The summed E-state index contributed by atoms with van der Waals surface area (Å²) in [4.78, 5) is 25.0. The molecule has 2 rings (SSSR count). The fourth-order valence-corrected chi connectivity index (χ4v) is 1.56. The number of hydrogen-bond acceptors (Lipinski definition) is 4. The van der Waals surface area contributed by atoms with E-state index >= 15 is 0 Å². The zero-order valence-electron chi connectivity index (χ0n) is 9.11. The number of aromatic nitrogens is 1. The smallest absolute Gasteiger partial charge is 0.342 e. The molecule has 6 heteroatoms. The average Bonchev–Trinajstić information content (AvgIpc) is 2.39. The lowest BCUT2D eigenvalue weighted by Gasteiger charge is -2.02. The predicted molar refractivity (Wildman–Crippen MR) is 70.0 cm³/mol. The summed E-state index contributed by atoms with van der Waals surface area (Å²) in [6.07, 6.45) is 1.56. The normalized spacial score (nSPS) is 9.47. The first-order chi connectivity index (χ1) is 8.59. The minimum absolute atomic E-state index is 0. The standard InChI is InChI=1S/C12H8N2O4.CH4/c15-12(16)9-5-4-8(7-11(9)14(17)18)10-3-1-2-6-13-10;/h1-7H,(H,15,16);1H4. The van der Waals surface area contributed by atoms with Gasteiger partial charge in [-0.25, -0.2) is 4.79 Å². The minimum atomic E-state index is -1.32. The molecule has 98 valence electrons. The van der Waals surface area contributed by atoms with E-state index in [0.29, 0.717) is 11.3 Å². The van der Waals surface area contributed by atoms with Crippen molar-refractivity contribution in [3.05, 3.63) is 58.3 Å². The Bertz CT molecular complexity index is 611. The Hall–Kier alpha value is -2.76. The van der Waals surface area contributed by atoms with Crippen molar-refractivity contribution in [1.82, 2.24) is 4.98 Å². The zero-order chi connectivity index (χ0) is 13.1. The number of nitro groups is 1. The molecule has 0 fully saturated rings. The summed E-state index contributed by atoms with van der Waals surface area (Å²) in [5.41, 5.74) is 0.287. The van der Waals surface area contributed by atoms with E-state index in [1.54, 1.807) is 24.4 Å². The van der Waals surface area contributed by atoms with Gasteiger partial charge in [-0.05, 0) is 18.2 Å². The molecule has 0 aliphatic rings. The van der Waals surface area contributed by atoms with E-state index in [1.165, 1.54) is 18.2 Å². The van der Waals surface area contributed by atoms with Crippen LogP contribution in [0.15, 0.2) is 42.6 Å². The van der Waals surface area contributed by atoms with Crippen LogP contribution in [0.1, 0.15) is 17.8 Å². The Morgan fingerprint density at radius 3 is 2.53 bits per heavy atom. The van der Waals surface area contributed by atoms with Crippen LogP contribution in [0.3, 0.4) is 0 Å². The van der Waals surface area contributed by atoms with Crippen LogP contribution in [-0.2, 0) is 0 Å². The molecule has 0 saturated heterocycles. The number of nitrogens with zero attached hydrogens (tertiary/aromatic N) is 2. The molecule has 0 amide bonds. The maximum Gasteiger partial charge on any atom is 0.342 e. The molecular formula is C13H12N2O4. The van der Waals surface area contributed by atoms with Crippen molar-refractivity contribution in [2.24, 2.45) is 0 Å². The average molecular weight is 260 g/mol. The molecule has 19 heavy (non-hydrogen) atoms. The Kier molecular flexibility index (Phi) is 4.31. The van der Waals surface area contributed by atoms with Crippen LogP contribution in [0.2, 0.25) is 0 Å². The van der Waals surface area contributed by atoms with E-state index in [9.17, 15) is 14.9 Å². The maximum atomic E-state index is 10.9. The molecule has 0 aliphatic carbocycles. The summed E-state index contributed by atoms with van der Waals surface area (Å²) < 4.78 is 0. The molecule has 0 aliphatic heterocycles. The number of rotatable bonds is 3. The van der Waals surface area contributed by atoms with Gasteiger partial charge in [0.1, 0.15) is 5.56 Å². The van der Waals surface area contributed by atoms with E-state index in [1.807, 2.05) is 0 Å². The van der Waals surface area contributed by atoms with Crippen molar-refractivity contribution < 1.29 is 14.8 Å². The third kappa shape index (κ3) is 2.92. The van der Waals surface area contributed by atoms with Crippen molar-refractivity contribution in [2.45, 2.75) is 7.43 Å². The SMILES string of the molecule is C.O=C(O)c1ccc(-c2ccccn2)cc1[N+](=O)[O-]. The van der Waals surface area contributed by atoms with E-state index in [2.05, 4.69) is 4.98 Å². The van der Waals surface area contributed by atoms with Gasteiger partial charge in [-0.2, -0.15) is 0 Å². The fraction of sp³-hybridized carbons (Fsp3) is 0.0769. The van der Waals surface area contributed by atoms with Crippen molar-refractivity contribution in [2.75, 3.05) is 0 Å². The minimum Gasteiger partial charge on any atom is -0.477 e. The van der Waals surface area contributed by atoms with Gasteiger partial charge in [-0.3, -0.25) is 15.1 Å². The van der Waals surface area contributed by atoms with E-state index in [0.717, 1.165) is 0 Å². The number of carboxylic acid groups (broad SMARTS) is 1. The number of nitro benzene ring substituents is 1. The summed E-state index contributed by atoms with van der Waals surface area (Å²) in [7, 11) is 0. The lowest BCUT2D eigenvalue weighted by molar-refractivity contribution is -0.385. The number of benzene rings is 1. The van der Waals surface area contributed by atoms with Gasteiger partial charge in [0.05, 0.1) is 10.6 Å². The van der Waals surface area contributed by atoms with Crippen LogP contribution in [0.5, 0.6) is 0 Å². The first-order valence-electron chi connectivity index (χ1n) is 5.03. The van der Waals surface area contributed by atoms with Crippen molar-refractivity contribution in [3.63, 3.8) is 0 Å². The topological polar surface area (TPSA) is 93.3 Å². The van der Waals surface area contributed by atoms with Crippen LogP contribution in [0.25, 0.3) is 11.3 Å². The van der Waals surface area contributed by atoms with Crippen molar-refractivity contribution in [1.29, 1.82) is 0 Å². The zero-order valence-corrected chi connectivity index (χ0v) is 9.11. The Labute approximate surface area is 109 Å². The molecule has 1 aromatic carbocycles. The summed E-state index contributed by atoms with van der Waals surface area (Å²) >= 11 is 0. The first kappa shape index (κ1) is 14.3. The van der Waals surface area contributed by atoms with Gasteiger partial charge in [0.25, 0.3) is 5.69 Å². The molecule has 0 unspecified atom stereocenters. The lowest BCUT2D eigenvalue weighted by atomic mass is 10.1. The molecule has 1 aromatic heterocycles. The molecule has 0 atom stereocenters. The molecule has 0 radical (unpaired) electrons. The second-order valence-electron chi connectivity index (χ2n) is 3.51. The van der Waals surface area contributed by atoms with Crippen LogP contribution >= 0.6 is 0 Å². The summed E-state index contributed by atoms with van der Waals surface area (Å²) in [5.74, 6) is -1.32. The summed E-state index contributed by atoms with van der Waals surface area (Å²) in [6, 6.07) is 9.09. The van der Waals surface area contributed by atoms with Crippen LogP contribution in [0.4, 0.5) is 5.69 Å². The highest BCUT2D eigenvalue weighted by atomic mass is 16.6. The second kappa shape index (κ2) is 5.72. The summed E-state index contributed by atoms with van der Waals surface area (Å²) in [5, 5.41) is 19.7. The van der Waals surface area contributed by atoms with Crippen molar-refractivity contribution >= 4 is 11.7 Å². The second-order valence-corrected chi connectivity index (χ2v) is 3.51. The molecule has 0 bridgehead atoms. The highest BCUT2D eigenvalue weighted by Gasteiger charge is 2.20. The van der Waals surface area contributed by atoms with Gasteiger partial charge in [0.15, 0.2) is 0 Å². The Morgan fingerprint density at radius 2 is 2.00 bits per heavy atom. The highest BCUT2D eigenvalue weighted by Crippen LogP contribution is 2.25. The van der Waals surface area contributed by atoms with Crippen LogP contribution < -0.4 is 0 Å². The molecule has 0 saturated carbocycles. The Balaban J connectivity index is 0.00000180. The number of carbonyl (C=O) groups is 1. The van der Waals surface area contributed by atoms with E-state index in [-0.39, 0.29) is 13.0 Å². The van der Waals surface area contributed by atoms with Gasteiger partial charge in [-0.15, -0.1) is 0 Å². The number of aromatic carboxylic acids is 1. The summed E-state index contributed by atoms with van der Waals surface area (Å²) in [6.45, 7) is 0. The first-order valence-corrected chi connectivity index (χ1v) is 5.03. The van der Waals surface area contributed by atoms with Gasteiger partial charge in [-0.1, -0.05) is 19.6 Å². The van der Waals surface area contributed by atoms with Crippen LogP contribution in [-0.4, -0.2) is 21.0 Å². The number of hydrogen-bond donors (Lipinski definition) is 1. The molecule has 0 spiro atoms. The third-order valence-electron chi connectivity index (χ3n) is 2.39. The third-order valence-corrected chi connectivity index (χ3v) is 2.39. The van der Waals surface area contributed by atoms with E-state index < -0.39 is 16.6 Å². The molecule has 6 nitrogen and oxygen atoms in total. The number of pyridine rings is 1. The largest absolute Gasteiger partial charge is 0.477 e. The molecule has 1 heterocycles. The quantitative estimate of drug-likeness (QED) is 0.676. The molecular weight excluding hydrogens is 248 g/mol. The Morgan fingerprint density at radius 1 is 1.26 bits per heavy atom.